The Kier molecular flexibility index (Phi) is 4.76. The number of hydrogen-bond donors (Lipinski definition) is 3. The molecule has 0 aliphatic rings. The summed E-state index contributed by atoms with van der Waals surface area (Å²) < 4.78 is 5.47. The van der Waals surface area contributed by atoms with Gasteiger partial charge in [0.15, 0.2) is 0 Å². The third kappa shape index (κ3) is 4.20. The molecule has 0 aliphatic carbocycles. The SMILES string of the molecule is CC(C)c1nc(C(=O)NCCOc2cccc(N)c2)n[nH]1. The number of nitrogens with two attached hydrogens (primary N) is 1. The van der Waals surface area contributed by atoms with Crippen LogP contribution in [0.4, 0.5) is 5.69 Å². The van der Waals surface area contributed by atoms with Gasteiger partial charge in [-0.25, -0.2) is 4.98 Å². The minimum atomic E-state index is -0.325. The first-order valence-corrected chi connectivity index (χ1v) is 6.75. The Morgan fingerprint density at radius 2 is 2.29 bits per heavy atom. The van der Waals surface area contributed by atoms with Gasteiger partial charge in [0.25, 0.3) is 5.91 Å². The van der Waals surface area contributed by atoms with E-state index in [1.165, 1.54) is 0 Å². The number of amides is 1. The van der Waals surface area contributed by atoms with Crippen molar-refractivity contribution in [2.24, 2.45) is 0 Å². The molecule has 7 nitrogen and oxygen atoms in total. The number of ether oxygens (including phenoxy) is 1. The van der Waals surface area contributed by atoms with Gasteiger partial charge in [-0.05, 0) is 12.1 Å². The maximum atomic E-state index is 11.8. The Balaban J connectivity index is 1.76. The highest BCUT2D eigenvalue weighted by Gasteiger charge is 2.13. The summed E-state index contributed by atoms with van der Waals surface area (Å²) in [6, 6.07) is 7.13. The van der Waals surface area contributed by atoms with Gasteiger partial charge in [0, 0.05) is 17.7 Å². The average molecular weight is 289 g/mol. The summed E-state index contributed by atoms with van der Waals surface area (Å²) in [4.78, 5) is 15.9. The summed E-state index contributed by atoms with van der Waals surface area (Å²) in [5, 5.41) is 9.32. The second kappa shape index (κ2) is 6.74. The molecule has 1 aromatic carbocycles. The molecule has 1 aromatic heterocycles. The minimum absolute atomic E-state index is 0.141. The average Bonchev–Trinajstić information content (AvgIpc) is 2.93. The van der Waals surface area contributed by atoms with Crippen molar-refractivity contribution in [1.29, 1.82) is 0 Å². The molecule has 1 amide bonds. The molecule has 0 fully saturated rings. The van der Waals surface area contributed by atoms with Crippen LogP contribution in [0, 0.1) is 0 Å². The predicted molar refractivity (Wildman–Crippen MR) is 79.2 cm³/mol. The molecule has 2 rings (SSSR count). The van der Waals surface area contributed by atoms with Gasteiger partial charge < -0.3 is 15.8 Å². The molecule has 0 unspecified atom stereocenters. The van der Waals surface area contributed by atoms with Gasteiger partial charge in [-0.2, -0.15) is 0 Å². The van der Waals surface area contributed by atoms with E-state index in [-0.39, 0.29) is 17.6 Å². The lowest BCUT2D eigenvalue weighted by molar-refractivity contribution is 0.0937. The second-order valence-electron chi connectivity index (χ2n) is 4.88. The smallest absolute Gasteiger partial charge is 0.291 e. The van der Waals surface area contributed by atoms with Crippen LogP contribution in [0.15, 0.2) is 24.3 Å². The number of aromatic nitrogens is 3. The number of carbonyl (C=O) groups excluding carboxylic acids is 1. The molecule has 0 radical (unpaired) electrons. The van der Waals surface area contributed by atoms with Gasteiger partial charge in [-0.15, -0.1) is 5.10 Å². The van der Waals surface area contributed by atoms with Crippen molar-refractivity contribution in [2.45, 2.75) is 19.8 Å². The lowest BCUT2D eigenvalue weighted by atomic mass is 10.2. The number of benzene rings is 1. The van der Waals surface area contributed by atoms with E-state index in [1.54, 1.807) is 12.1 Å². The van der Waals surface area contributed by atoms with Crippen LogP contribution in [-0.4, -0.2) is 34.2 Å². The third-order valence-electron chi connectivity index (χ3n) is 2.77. The third-order valence-corrected chi connectivity index (χ3v) is 2.77. The Hall–Kier alpha value is -2.57. The molecule has 2 aromatic rings. The van der Waals surface area contributed by atoms with E-state index in [1.807, 2.05) is 26.0 Å². The molecule has 1 heterocycles. The van der Waals surface area contributed by atoms with E-state index in [2.05, 4.69) is 20.5 Å². The summed E-state index contributed by atoms with van der Waals surface area (Å²) in [7, 11) is 0. The predicted octanol–water partition coefficient (Wildman–Crippen LogP) is 1.32. The van der Waals surface area contributed by atoms with E-state index in [4.69, 9.17) is 10.5 Å². The number of carbonyl (C=O) groups is 1. The summed E-state index contributed by atoms with van der Waals surface area (Å²) >= 11 is 0. The summed E-state index contributed by atoms with van der Waals surface area (Å²) in [6.45, 7) is 4.65. The highest BCUT2D eigenvalue weighted by atomic mass is 16.5. The zero-order valence-corrected chi connectivity index (χ0v) is 12.1. The van der Waals surface area contributed by atoms with Crippen LogP contribution >= 0.6 is 0 Å². The molecule has 0 bridgehead atoms. The molecule has 0 aliphatic heterocycles. The summed E-state index contributed by atoms with van der Waals surface area (Å²) in [5.41, 5.74) is 6.28. The van der Waals surface area contributed by atoms with Crippen LogP contribution in [0.2, 0.25) is 0 Å². The van der Waals surface area contributed by atoms with Crippen LogP contribution in [0.25, 0.3) is 0 Å². The van der Waals surface area contributed by atoms with E-state index >= 15 is 0 Å². The Morgan fingerprint density at radius 3 is 2.95 bits per heavy atom. The number of nitrogen functional groups attached to an aromatic ring is 1. The zero-order valence-electron chi connectivity index (χ0n) is 12.1. The van der Waals surface area contributed by atoms with Crippen molar-refractivity contribution in [3.63, 3.8) is 0 Å². The Labute approximate surface area is 122 Å². The molecular weight excluding hydrogens is 270 g/mol. The number of rotatable bonds is 6. The lowest BCUT2D eigenvalue weighted by Gasteiger charge is -2.07. The van der Waals surface area contributed by atoms with Crippen molar-refractivity contribution in [3.8, 4) is 5.75 Å². The Bertz CT molecular complexity index is 609. The number of anilines is 1. The minimum Gasteiger partial charge on any atom is -0.492 e. The van der Waals surface area contributed by atoms with E-state index in [0.717, 1.165) is 0 Å². The summed E-state index contributed by atoms with van der Waals surface area (Å²) in [5.74, 6) is 1.38. The van der Waals surface area contributed by atoms with Gasteiger partial charge in [0.2, 0.25) is 5.82 Å². The Morgan fingerprint density at radius 1 is 1.48 bits per heavy atom. The lowest BCUT2D eigenvalue weighted by Crippen LogP contribution is -2.29. The quantitative estimate of drug-likeness (QED) is 0.549. The topological polar surface area (TPSA) is 106 Å². The van der Waals surface area contributed by atoms with Crippen LogP contribution in [0.5, 0.6) is 5.75 Å². The maximum absolute atomic E-state index is 11.8. The van der Waals surface area contributed by atoms with Crippen molar-refractivity contribution in [1.82, 2.24) is 20.5 Å². The van der Waals surface area contributed by atoms with Gasteiger partial charge >= 0.3 is 0 Å². The normalized spacial score (nSPS) is 10.6. The van der Waals surface area contributed by atoms with Crippen LogP contribution in [0.1, 0.15) is 36.2 Å². The number of aromatic amines is 1. The molecular formula is C14H19N5O2. The molecule has 21 heavy (non-hydrogen) atoms. The first-order chi connectivity index (χ1) is 10.1. The highest BCUT2D eigenvalue weighted by Crippen LogP contribution is 2.13. The van der Waals surface area contributed by atoms with E-state index in [0.29, 0.717) is 30.4 Å². The summed E-state index contributed by atoms with van der Waals surface area (Å²) in [6.07, 6.45) is 0. The number of hydrogen-bond acceptors (Lipinski definition) is 5. The number of nitrogens with zero attached hydrogens (tertiary/aromatic N) is 2. The van der Waals surface area contributed by atoms with Gasteiger partial charge in [-0.3, -0.25) is 9.89 Å². The number of nitrogens with one attached hydrogen (secondary N) is 2. The van der Waals surface area contributed by atoms with Gasteiger partial charge in [-0.1, -0.05) is 19.9 Å². The molecule has 7 heteroatoms. The zero-order chi connectivity index (χ0) is 15.2. The molecule has 0 saturated heterocycles. The second-order valence-corrected chi connectivity index (χ2v) is 4.88. The van der Waals surface area contributed by atoms with E-state index in [9.17, 15) is 4.79 Å². The fraction of sp³-hybridized carbons (Fsp3) is 0.357. The molecule has 4 N–H and O–H groups in total. The van der Waals surface area contributed by atoms with Gasteiger partial charge in [0.1, 0.15) is 18.2 Å². The van der Waals surface area contributed by atoms with Crippen molar-refractivity contribution in [3.05, 3.63) is 35.9 Å². The van der Waals surface area contributed by atoms with Crippen molar-refractivity contribution in [2.75, 3.05) is 18.9 Å². The number of H-pyrrole nitrogens is 1. The maximum Gasteiger partial charge on any atom is 0.291 e. The standard InChI is InChI=1S/C14H19N5O2/c1-9(2)12-17-13(19-18-12)14(20)16-6-7-21-11-5-3-4-10(15)8-11/h3-5,8-9H,6-7,15H2,1-2H3,(H,16,20)(H,17,18,19). The molecule has 0 atom stereocenters. The molecule has 0 spiro atoms. The largest absolute Gasteiger partial charge is 0.492 e. The monoisotopic (exact) mass is 289 g/mol. The van der Waals surface area contributed by atoms with Gasteiger partial charge in [0.05, 0.1) is 6.54 Å². The first-order valence-electron chi connectivity index (χ1n) is 6.75. The molecule has 0 saturated carbocycles. The van der Waals surface area contributed by atoms with Crippen molar-refractivity contribution >= 4 is 11.6 Å². The van der Waals surface area contributed by atoms with Crippen molar-refractivity contribution < 1.29 is 9.53 Å². The van der Waals surface area contributed by atoms with Crippen LogP contribution < -0.4 is 15.8 Å². The van der Waals surface area contributed by atoms with E-state index < -0.39 is 0 Å². The highest BCUT2D eigenvalue weighted by molar-refractivity contribution is 5.90. The van der Waals surface area contributed by atoms with Crippen LogP contribution in [-0.2, 0) is 0 Å². The van der Waals surface area contributed by atoms with Crippen LogP contribution in [0.3, 0.4) is 0 Å². The first kappa shape index (κ1) is 14.8. The fourth-order valence-electron chi connectivity index (χ4n) is 1.65. The molecule has 112 valence electrons. The fourth-order valence-corrected chi connectivity index (χ4v) is 1.65.